The second-order valence-corrected chi connectivity index (χ2v) is 5.29. The first-order valence-corrected chi connectivity index (χ1v) is 5.48. The van der Waals surface area contributed by atoms with Crippen LogP contribution in [0.4, 0.5) is 8.78 Å². The largest absolute Gasteiger partial charge is 0.330 e. The van der Waals surface area contributed by atoms with Crippen molar-refractivity contribution in [2.75, 3.05) is 18.1 Å². The Morgan fingerprint density at radius 2 is 2.08 bits per heavy atom. The Kier molecular flexibility index (Phi) is 2.40. The van der Waals surface area contributed by atoms with E-state index in [4.69, 9.17) is 5.73 Å². The van der Waals surface area contributed by atoms with E-state index in [0.717, 1.165) is 0 Å². The molecule has 0 bridgehead atoms. The molecule has 2 N–H and O–H groups in total. The summed E-state index contributed by atoms with van der Waals surface area (Å²) in [6.45, 7) is -0.272. The van der Waals surface area contributed by atoms with Crippen molar-refractivity contribution in [2.45, 2.75) is 12.3 Å². The SMILES string of the molecule is NCC1CS(=O)(=O)CCC1(F)F. The van der Waals surface area contributed by atoms with Crippen LogP contribution in [-0.2, 0) is 9.84 Å². The molecule has 0 saturated carbocycles. The Morgan fingerprint density at radius 1 is 1.50 bits per heavy atom. The van der Waals surface area contributed by atoms with Crippen LogP contribution >= 0.6 is 0 Å². The lowest BCUT2D eigenvalue weighted by Crippen LogP contribution is -2.45. The van der Waals surface area contributed by atoms with Crippen LogP contribution in [0.1, 0.15) is 6.42 Å². The van der Waals surface area contributed by atoms with Gasteiger partial charge in [0.1, 0.15) is 0 Å². The Balaban J connectivity index is 2.80. The number of sulfone groups is 1. The Hall–Kier alpha value is -0.230. The Morgan fingerprint density at radius 3 is 2.50 bits per heavy atom. The summed E-state index contributed by atoms with van der Waals surface area (Å²) >= 11 is 0. The van der Waals surface area contributed by atoms with E-state index in [-0.39, 0.29) is 6.54 Å². The first-order valence-electron chi connectivity index (χ1n) is 3.66. The summed E-state index contributed by atoms with van der Waals surface area (Å²) in [5, 5.41) is 0. The lowest BCUT2D eigenvalue weighted by molar-refractivity contribution is -0.0529. The van der Waals surface area contributed by atoms with Crippen molar-refractivity contribution < 1.29 is 17.2 Å². The van der Waals surface area contributed by atoms with Crippen LogP contribution in [0.3, 0.4) is 0 Å². The molecule has 0 aliphatic carbocycles. The third kappa shape index (κ3) is 1.92. The summed E-state index contributed by atoms with van der Waals surface area (Å²) in [6, 6.07) is 0. The summed E-state index contributed by atoms with van der Waals surface area (Å²) < 4.78 is 47.6. The number of hydrogen-bond donors (Lipinski definition) is 1. The molecule has 0 aromatic carbocycles. The van der Waals surface area contributed by atoms with Gasteiger partial charge in [0, 0.05) is 18.9 Å². The highest BCUT2D eigenvalue weighted by atomic mass is 32.2. The highest BCUT2D eigenvalue weighted by Gasteiger charge is 2.45. The number of hydrogen-bond acceptors (Lipinski definition) is 3. The van der Waals surface area contributed by atoms with Crippen LogP contribution in [0, 0.1) is 5.92 Å². The highest BCUT2D eigenvalue weighted by molar-refractivity contribution is 7.91. The molecule has 12 heavy (non-hydrogen) atoms. The third-order valence-corrected chi connectivity index (χ3v) is 3.82. The fraction of sp³-hybridized carbons (Fsp3) is 1.00. The van der Waals surface area contributed by atoms with Crippen LogP contribution in [0.25, 0.3) is 0 Å². The summed E-state index contributed by atoms with van der Waals surface area (Å²) in [6.07, 6.45) is -0.586. The third-order valence-electron chi connectivity index (χ3n) is 2.08. The van der Waals surface area contributed by atoms with E-state index in [1.807, 2.05) is 0 Å². The van der Waals surface area contributed by atoms with E-state index < -0.39 is 39.6 Å². The molecular weight excluding hydrogens is 188 g/mol. The van der Waals surface area contributed by atoms with E-state index in [9.17, 15) is 17.2 Å². The molecule has 1 heterocycles. The monoisotopic (exact) mass is 199 g/mol. The molecule has 1 aliphatic heterocycles. The molecule has 1 atom stereocenters. The zero-order valence-electron chi connectivity index (χ0n) is 6.46. The summed E-state index contributed by atoms with van der Waals surface area (Å²) in [5.74, 6) is -5.00. The van der Waals surface area contributed by atoms with E-state index in [0.29, 0.717) is 0 Å². The maximum absolute atomic E-state index is 12.9. The van der Waals surface area contributed by atoms with E-state index in [1.165, 1.54) is 0 Å². The van der Waals surface area contributed by atoms with Gasteiger partial charge in [-0.05, 0) is 0 Å². The Bertz CT molecular complexity index is 263. The van der Waals surface area contributed by atoms with Crippen molar-refractivity contribution in [3.05, 3.63) is 0 Å². The van der Waals surface area contributed by atoms with Gasteiger partial charge in [-0.25, -0.2) is 17.2 Å². The van der Waals surface area contributed by atoms with Crippen LogP contribution in [-0.4, -0.2) is 32.4 Å². The minimum absolute atomic E-state index is 0.272. The molecule has 0 aromatic rings. The van der Waals surface area contributed by atoms with Gasteiger partial charge in [0.2, 0.25) is 0 Å². The molecule has 0 aromatic heterocycles. The van der Waals surface area contributed by atoms with E-state index in [2.05, 4.69) is 0 Å². The molecule has 0 spiro atoms. The second kappa shape index (κ2) is 2.92. The first kappa shape index (κ1) is 9.85. The van der Waals surface area contributed by atoms with Crippen LogP contribution in [0.5, 0.6) is 0 Å². The number of alkyl halides is 2. The van der Waals surface area contributed by atoms with Crippen molar-refractivity contribution in [2.24, 2.45) is 11.7 Å². The maximum atomic E-state index is 12.9. The Labute approximate surface area is 69.9 Å². The average Bonchev–Trinajstić information content (AvgIpc) is 1.95. The number of nitrogens with two attached hydrogens (primary N) is 1. The van der Waals surface area contributed by atoms with Gasteiger partial charge in [-0.2, -0.15) is 0 Å². The fourth-order valence-corrected chi connectivity index (χ4v) is 2.99. The normalized spacial score (nSPS) is 33.1. The topological polar surface area (TPSA) is 60.2 Å². The van der Waals surface area contributed by atoms with Gasteiger partial charge in [0.05, 0.1) is 11.5 Å². The molecule has 1 rings (SSSR count). The summed E-state index contributed by atoms with van der Waals surface area (Å²) in [4.78, 5) is 0. The van der Waals surface area contributed by atoms with Crippen molar-refractivity contribution in [1.29, 1.82) is 0 Å². The van der Waals surface area contributed by atoms with Crippen LogP contribution < -0.4 is 5.73 Å². The van der Waals surface area contributed by atoms with Crippen molar-refractivity contribution in [3.63, 3.8) is 0 Å². The molecular formula is C6H11F2NO2S. The quantitative estimate of drug-likeness (QED) is 0.647. The predicted molar refractivity (Wildman–Crippen MR) is 40.8 cm³/mol. The molecule has 0 amide bonds. The highest BCUT2D eigenvalue weighted by Crippen LogP contribution is 2.33. The lowest BCUT2D eigenvalue weighted by atomic mass is 10.0. The first-order chi connectivity index (χ1) is 5.37. The smallest absolute Gasteiger partial charge is 0.254 e. The van der Waals surface area contributed by atoms with E-state index in [1.54, 1.807) is 0 Å². The molecule has 1 aliphatic rings. The van der Waals surface area contributed by atoms with Crippen molar-refractivity contribution in [1.82, 2.24) is 0 Å². The van der Waals surface area contributed by atoms with Crippen molar-refractivity contribution in [3.8, 4) is 0 Å². The fourth-order valence-electron chi connectivity index (χ4n) is 1.25. The molecule has 72 valence electrons. The minimum atomic E-state index is -3.28. The molecule has 1 unspecified atom stereocenters. The summed E-state index contributed by atoms with van der Waals surface area (Å²) in [5.41, 5.74) is 5.06. The van der Waals surface area contributed by atoms with Gasteiger partial charge in [-0.15, -0.1) is 0 Å². The second-order valence-electron chi connectivity index (χ2n) is 3.06. The lowest BCUT2D eigenvalue weighted by Gasteiger charge is -2.29. The van der Waals surface area contributed by atoms with Gasteiger partial charge in [-0.1, -0.05) is 0 Å². The van der Waals surface area contributed by atoms with Crippen molar-refractivity contribution >= 4 is 9.84 Å². The van der Waals surface area contributed by atoms with Crippen LogP contribution in [0.15, 0.2) is 0 Å². The van der Waals surface area contributed by atoms with Gasteiger partial charge in [0.25, 0.3) is 5.92 Å². The minimum Gasteiger partial charge on any atom is -0.330 e. The molecule has 1 saturated heterocycles. The van der Waals surface area contributed by atoms with Crippen LogP contribution in [0.2, 0.25) is 0 Å². The maximum Gasteiger partial charge on any atom is 0.254 e. The number of rotatable bonds is 1. The average molecular weight is 199 g/mol. The zero-order valence-corrected chi connectivity index (χ0v) is 7.28. The number of halogens is 2. The van der Waals surface area contributed by atoms with Gasteiger partial charge in [-0.3, -0.25) is 0 Å². The molecule has 0 radical (unpaired) electrons. The zero-order chi connectivity index (χ0) is 9.41. The van der Waals surface area contributed by atoms with Gasteiger partial charge < -0.3 is 5.73 Å². The van der Waals surface area contributed by atoms with Gasteiger partial charge in [0.15, 0.2) is 9.84 Å². The molecule has 6 heteroatoms. The predicted octanol–water partition coefficient (Wildman–Crippen LogP) is 0.0151. The molecule has 1 fully saturated rings. The van der Waals surface area contributed by atoms with E-state index >= 15 is 0 Å². The summed E-state index contributed by atoms with van der Waals surface area (Å²) in [7, 11) is -3.28. The standard InChI is InChI=1S/C6H11F2NO2S/c7-6(8)1-2-12(10,11)4-5(6)3-9/h5H,1-4,9H2. The molecule has 3 nitrogen and oxygen atoms in total. The van der Waals surface area contributed by atoms with Gasteiger partial charge >= 0.3 is 0 Å².